The van der Waals surface area contributed by atoms with Crippen LogP contribution >= 0.6 is 0 Å². The van der Waals surface area contributed by atoms with Gasteiger partial charge in [0.05, 0.1) is 0 Å². The van der Waals surface area contributed by atoms with Crippen LogP contribution < -0.4 is 5.32 Å². The Hall–Kier alpha value is -1.30. The number of nitrogens with zero attached hydrogens (tertiary/aromatic N) is 3. The van der Waals surface area contributed by atoms with Gasteiger partial charge in [-0.3, -0.25) is 4.79 Å². The van der Waals surface area contributed by atoms with E-state index in [4.69, 9.17) is 0 Å². The van der Waals surface area contributed by atoms with E-state index in [1.54, 1.807) is 0 Å². The van der Waals surface area contributed by atoms with Crippen LogP contribution in [0.4, 0.5) is 4.79 Å². The fraction of sp³-hybridized carbons (Fsp3) is 0.867. The summed E-state index contributed by atoms with van der Waals surface area (Å²) in [6.45, 7) is 13.6. The number of carbonyl (C=O) groups excluding carboxylic acids is 2. The van der Waals surface area contributed by atoms with Gasteiger partial charge in [-0.15, -0.1) is 0 Å². The molecule has 1 aliphatic rings. The molecule has 6 nitrogen and oxygen atoms in total. The molecule has 122 valence electrons. The Morgan fingerprint density at radius 2 is 1.57 bits per heavy atom. The van der Waals surface area contributed by atoms with Crippen molar-refractivity contribution in [1.82, 2.24) is 20.0 Å². The zero-order valence-electron chi connectivity index (χ0n) is 13.9. The first-order valence-electron chi connectivity index (χ1n) is 8.08. The Morgan fingerprint density at radius 3 is 2.05 bits per heavy atom. The van der Waals surface area contributed by atoms with Gasteiger partial charge in [-0.25, -0.2) is 4.79 Å². The van der Waals surface area contributed by atoms with Crippen molar-refractivity contribution in [3.8, 4) is 0 Å². The zero-order valence-corrected chi connectivity index (χ0v) is 13.9. The molecule has 1 N–H and O–H groups in total. The molecule has 0 aromatic carbocycles. The average molecular weight is 298 g/mol. The molecule has 0 aliphatic carbocycles. The lowest BCUT2D eigenvalue weighted by Crippen LogP contribution is -2.55. The maximum Gasteiger partial charge on any atom is 0.320 e. The number of carbonyl (C=O) groups is 2. The van der Waals surface area contributed by atoms with Gasteiger partial charge in [0, 0.05) is 51.7 Å². The van der Waals surface area contributed by atoms with Crippen LogP contribution in [0.5, 0.6) is 0 Å². The van der Waals surface area contributed by atoms with E-state index >= 15 is 0 Å². The SMILES string of the molecule is CCNCC(C)C(=O)N1CCN(C(=O)N(CC)CC)CC1. The van der Waals surface area contributed by atoms with E-state index in [9.17, 15) is 9.59 Å². The van der Waals surface area contributed by atoms with Crippen molar-refractivity contribution in [2.75, 3.05) is 52.4 Å². The lowest BCUT2D eigenvalue weighted by molar-refractivity contribution is -0.136. The predicted molar refractivity (Wildman–Crippen MR) is 84.2 cm³/mol. The number of hydrogen-bond acceptors (Lipinski definition) is 3. The van der Waals surface area contributed by atoms with Crippen molar-refractivity contribution < 1.29 is 9.59 Å². The number of urea groups is 1. The lowest BCUT2D eigenvalue weighted by Gasteiger charge is -2.38. The molecule has 0 bridgehead atoms. The van der Waals surface area contributed by atoms with E-state index in [0.29, 0.717) is 32.7 Å². The molecule has 1 heterocycles. The molecule has 1 saturated heterocycles. The van der Waals surface area contributed by atoms with Gasteiger partial charge >= 0.3 is 6.03 Å². The second-order valence-corrected chi connectivity index (χ2v) is 5.48. The van der Waals surface area contributed by atoms with Gasteiger partial charge in [-0.2, -0.15) is 0 Å². The summed E-state index contributed by atoms with van der Waals surface area (Å²) in [4.78, 5) is 30.1. The highest BCUT2D eigenvalue weighted by molar-refractivity contribution is 5.79. The van der Waals surface area contributed by atoms with Gasteiger partial charge in [-0.1, -0.05) is 13.8 Å². The molecule has 1 rings (SSSR count). The smallest absolute Gasteiger partial charge is 0.320 e. The molecule has 21 heavy (non-hydrogen) atoms. The Morgan fingerprint density at radius 1 is 1.05 bits per heavy atom. The van der Waals surface area contributed by atoms with E-state index in [-0.39, 0.29) is 17.9 Å². The van der Waals surface area contributed by atoms with Crippen molar-refractivity contribution in [3.63, 3.8) is 0 Å². The molecule has 1 unspecified atom stereocenters. The highest BCUT2D eigenvalue weighted by Gasteiger charge is 2.28. The van der Waals surface area contributed by atoms with E-state index in [1.165, 1.54) is 0 Å². The highest BCUT2D eigenvalue weighted by Crippen LogP contribution is 2.09. The van der Waals surface area contributed by atoms with E-state index in [2.05, 4.69) is 5.32 Å². The second kappa shape index (κ2) is 8.87. The van der Waals surface area contributed by atoms with Gasteiger partial charge in [0.1, 0.15) is 0 Å². The van der Waals surface area contributed by atoms with Crippen LogP contribution in [0.2, 0.25) is 0 Å². The summed E-state index contributed by atoms with van der Waals surface area (Å²) in [5.41, 5.74) is 0. The minimum Gasteiger partial charge on any atom is -0.339 e. The van der Waals surface area contributed by atoms with Crippen LogP contribution in [0, 0.1) is 5.92 Å². The summed E-state index contributed by atoms with van der Waals surface area (Å²) in [5, 5.41) is 3.21. The quantitative estimate of drug-likeness (QED) is 0.790. The lowest BCUT2D eigenvalue weighted by atomic mass is 10.1. The molecule has 6 heteroatoms. The van der Waals surface area contributed by atoms with Crippen molar-refractivity contribution in [2.24, 2.45) is 5.92 Å². The van der Waals surface area contributed by atoms with Crippen LogP contribution in [0.25, 0.3) is 0 Å². The Labute approximate surface area is 128 Å². The van der Waals surface area contributed by atoms with E-state index in [1.807, 2.05) is 42.4 Å². The fourth-order valence-corrected chi connectivity index (χ4v) is 2.57. The van der Waals surface area contributed by atoms with Crippen LogP contribution in [0.3, 0.4) is 0 Å². The first-order valence-corrected chi connectivity index (χ1v) is 8.08. The molecule has 0 aromatic heterocycles. The number of nitrogens with one attached hydrogen (secondary N) is 1. The Bertz CT molecular complexity index is 337. The third-order valence-electron chi connectivity index (χ3n) is 4.02. The van der Waals surface area contributed by atoms with Crippen molar-refractivity contribution in [3.05, 3.63) is 0 Å². The summed E-state index contributed by atoms with van der Waals surface area (Å²) >= 11 is 0. The monoisotopic (exact) mass is 298 g/mol. The molecule has 1 fully saturated rings. The first-order chi connectivity index (χ1) is 10.0. The van der Waals surface area contributed by atoms with Gasteiger partial charge in [-0.05, 0) is 20.4 Å². The van der Waals surface area contributed by atoms with Crippen LogP contribution in [-0.2, 0) is 4.79 Å². The standard InChI is InChI=1S/C15H30N4O2/c1-5-16-12-13(4)14(20)18-8-10-19(11-9-18)15(21)17(6-2)7-3/h13,16H,5-12H2,1-4H3. The molecule has 1 atom stereocenters. The fourth-order valence-electron chi connectivity index (χ4n) is 2.57. The molecule has 1 aliphatic heterocycles. The van der Waals surface area contributed by atoms with Crippen molar-refractivity contribution in [1.29, 1.82) is 0 Å². The zero-order chi connectivity index (χ0) is 15.8. The van der Waals surface area contributed by atoms with Crippen LogP contribution in [0.1, 0.15) is 27.7 Å². The van der Waals surface area contributed by atoms with Gasteiger partial charge < -0.3 is 20.0 Å². The molecule has 0 saturated carbocycles. The summed E-state index contributed by atoms with van der Waals surface area (Å²) in [6.07, 6.45) is 0. The van der Waals surface area contributed by atoms with E-state index in [0.717, 1.165) is 19.6 Å². The summed E-state index contributed by atoms with van der Waals surface area (Å²) < 4.78 is 0. The maximum absolute atomic E-state index is 12.3. The first kappa shape index (κ1) is 17.8. The summed E-state index contributed by atoms with van der Waals surface area (Å²) in [5.74, 6) is 0.181. The topological polar surface area (TPSA) is 55.9 Å². The summed E-state index contributed by atoms with van der Waals surface area (Å²) in [6, 6.07) is 0.0906. The van der Waals surface area contributed by atoms with Gasteiger partial charge in [0.25, 0.3) is 0 Å². The molecular formula is C15H30N4O2. The van der Waals surface area contributed by atoms with E-state index < -0.39 is 0 Å². The molecule has 0 aromatic rings. The second-order valence-electron chi connectivity index (χ2n) is 5.48. The van der Waals surface area contributed by atoms with Crippen molar-refractivity contribution in [2.45, 2.75) is 27.7 Å². The minimum atomic E-state index is -0.00464. The van der Waals surface area contributed by atoms with Crippen LogP contribution in [-0.4, -0.2) is 79.0 Å². The number of piperazine rings is 1. The normalized spacial score (nSPS) is 16.8. The van der Waals surface area contributed by atoms with Crippen LogP contribution in [0.15, 0.2) is 0 Å². The average Bonchev–Trinajstić information content (AvgIpc) is 2.53. The predicted octanol–water partition coefficient (Wildman–Crippen LogP) is 0.838. The number of hydrogen-bond donors (Lipinski definition) is 1. The summed E-state index contributed by atoms with van der Waals surface area (Å²) in [7, 11) is 0. The largest absolute Gasteiger partial charge is 0.339 e. The van der Waals surface area contributed by atoms with Gasteiger partial charge in [0.2, 0.25) is 5.91 Å². The molecule has 0 radical (unpaired) electrons. The number of amides is 3. The third kappa shape index (κ3) is 4.88. The highest BCUT2D eigenvalue weighted by atomic mass is 16.2. The number of rotatable bonds is 6. The molecule has 0 spiro atoms. The third-order valence-corrected chi connectivity index (χ3v) is 4.02. The molecular weight excluding hydrogens is 268 g/mol. The minimum absolute atomic E-state index is 0.00464. The molecule has 3 amide bonds. The van der Waals surface area contributed by atoms with Gasteiger partial charge in [0.15, 0.2) is 0 Å². The van der Waals surface area contributed by atoms with Crippen molar-refractivity contribution >= 4 is 11.9 Å². The Kier molecular flexibility index (Phi) is 7.50. The Balaban J connectivity index is 2.44. The maximum atomic E-state index is 12.3.